The third-order valence-corrected chi connectivity index (χ3v) is 5.27. The molecule has 1 fully saturated rings. The number of rotatable bonds is 5. The van der Waals surface area contributed by atoms with Crippen molar-refractivity contribution in [3.05, 3.63) is 30.5 Å². The van der Waals surface area contributed by atoms with Crippen molar-refractivity contribution in [3.63, 3.8) is 0 Å². The summed E-state index contributed by atoms with van der Waals surface area (Å²) in [5.74, 6) is 0.928. The molecular weight excluding hydrogens is 414 g/mol. The highest BCUT2D eigenvalue weighted by molar-refractivity contribution is 5.72. The summed E-state index contributed by atoms with van der Waals surface area (Å²) in [5.41, 5.74) is 2.86. The Labute approximate surface area is 182 Å². The monoisotopic (exact) mass is 435 g/mol. The second-order valence-electron chi connectivity index (χ2n) is 7.29. The molecule has 1 aliphatic rings. The summed E-state index contributed by atoms with van der Waals surface area (Å²) in [5, 5.41) is 25.7. The number of anilines is 2. The zero-order chi connectivity index (χ0) is 21.9. The second kappa shape index (κ2) is 8.53. The number of benzene rings is 1. The van der Waals surface area contributed by atoms with E-state index in [0.29, 0.717) is 42.6 Å². The van der Waals surface area contributed by atoms with E-state index >= 15 is 0 Å². The fourth-order valence-corrected chi connectivity index (χ4v) is 3.71. The largest absolute Gasteiger partial charge is 0.450 e. The minimum atomic E-state index is -0.272. The molecule has 0 saturated carbocycles. The van der Waals surface area contributed by atoms with E-state index < -0.39 is 0 Å². The SMILES string of the molecule is CCOC(=O)N1CCC(n2nnc3cnc(Nc4cccc(-c5nn[nH]n5)c4)nc32)CC1. The summed E-state index contributed by atoms with van der Waals surface area (Å²) < 4.78 is 6.91. The number of hydrogen-bond donors (Lipinski definition) is 2. The van der Waals surface area contributed by atoms with Crippen LogP contribution in [0.25, 0.3) is 22.6 Å². The molecule has 1 amide bonds. The van der Waals surface area contributed by atoms with Crippen molar-refractivity contribution in [1.82, 2.24) is 50.5 Å². The van der Waals surface area contributed by atoms with Gasteiger partial charge in [0.1, 0.15) is 0 Å². The molecule has 13 nitrogen and oxygen atoms in total. The third-order valence-electron chi connectivity index (χ3n) is 5.27. The maximum Gasteiger partial charge on any atom is 0.409 e. The van der Waals surface area contributed by atoms with E-state index in [4.69, 9.17) is 4.74 Å². The maximum atomic E-state index is 11.9. The zero-order valence-corrected chi connectivity index (χ0v) is 17.3. The number of aromatic nitrogens is 9. The Morgan fingerprint density at radius 3 is 2.94 bits per heavy atom. The van der Waals surface area contributed by atoms with Crippen LogP contribution in [0.1, 0.15) is 25.8 Å². The predicted molar refractivity (Wildman–Crippen MR) is 113 cm³/mol. The van der Waals surface area contributed by atoms with Crippen LogP contribution in [0.15, 0.2) is 30.5 Å². The molecule has 0 spiro atoms. The number of hydrogen-bond acceptors (Lipinski definition) is 10. The van der Waals surface area contributed by atoms with Crippen molar-refractivity contribution in [1.29, 1.82) is 0 Å². The number of likely N-dealkylation sites (tertiary alicyclic amines) is 1. The van der Waals surface area contributed by atoms with Crippen molar-refractivity contribution >= 4 is 28.9 Å². The Hall–Kier alpha value is -4.16. The minimum absolute atomic E-state index is 0.0926. The Kier molecular flexibility index (Phi) is 5.27. The highest BCUT2D eigenvalue weighted by Gasteiger charge is 2.27. The molecule has 0 atom stereocenters. The van der Waals surface area contributed by atoms with E-state index in [9.17, 15) is 4.79 Å². The van der Waals surface area contributed by atoms with Crippen LogP contribution in [0.5, 0.6) is 0 Å². The molecule has 0 unspecified atom stereocenters. The van der Waals surface area contributed by atoms with Gasteiger partial charge in [0.15, 0.2) is 11.2 Å². The number of ether oxygens (including phenoxy) is 1. The number of H-pyrrole nitrogens is 1. The van der Waals surface area contributed by atoms with Crippen molar-refractivity contribution < 1.29 is 9.53 Å². The Morgan fingerprint density at radius 1 is 1.28 bits per heavy atom. The molecule has 1 aliphatic heterocycles. The van der Waals surface area contributed by atoms with Crippen LogP contribution in [-0.2, 0) is 4.74 Å². The van der Waals surface area contributed by atoms with Crippen LogP contribution in [-0.4, -0.2) is 76.3 Å². The van der Waals surface area contributed by atoms with Gasteiger partial charge in [-0.2, -0.15) is 10.2 Å². The van der Waals surface area contributed by atoms with Gasteiger partial charge < -0.3 is 15.0 Å². The Bertz CT molecular complexity index is 1220. The summed E-state index contributed by atoms with van der Waals surface area (Å²) in [6, 6.07) is 7.66. The van der Waals surface area contributed by atoms with Gasteiger partial charge in [0.05, 0.1) is 18.8 Å². The molecule has 2 N–H and O–H groups in total. The normalized spacial score (nSPS) is 14.6. The maximum absolute atomic E-state index is 11.9. The van der Waals surface area contributed by atoms with E-state index in [1.165, 1.54) is 0 Å². The smallest absolute Gasteiger partial charge is 0.409 e. The van der Waals surface area contributed by atoms with Gasteiger partial charge in [-0.05, 0) is 37.1 Å². The lowest BCUT2D eigenvalue weighted by atomic mass is 10.1. The van der Waals surface area contributed by atoms with E-state index in [0.717, 1.165) is 24.1 Å². The summed E-state index contributed by atoms with van der Waals surface area (Å²) >= 11 is 0. The fraction of sp³-hybridized carbons (Fsp3) is 0.368. The van der Waals surface area contributed by atoms with E-state index in [1.807, 2.05) is 28.9 Å². The van der Waals surface area contributed by atoms with Crippen molar-refractivity contribution in [2.75, 3.05) is 25.0 Å². The summed E-state index contributed by atoms with van der Waals surface area (Å²) in [7, 11) is 0. The first-order valence-corrected chi connectivity index (χ1v) is 10.3. The van der Waals surface area contributed by atoms with Gasteiger partial charge in [-0.3, -0.25) is 0 Å². The molecule has 0 radical (unpaired) electrons. The van der Waals surface area contributed by atoms with Crippen molar-refractivity contribution in [2.45, 2.75) is 25.8 Å². The Balaban J connectivity index is 1.34. The lowest BCUT2D eigenvalue weighted by molar-refractivity contribution is 0.0917. The van der Waals surface area contributed by atoms with E-state index in [2.05, 4.69) is 46.2 Å². The van der Waals surface area contributed by atoms with Crippen LogP contribution in [0.3, 0.4) is 0 Å². The number of nitrogens with zero attached hydrogens (tertiary/aromatic N) is 9. The van der Waals surface area contributed by atoms with Gasteiger partial charge in [-0.25, -0.2) is 14.5 Å². The fourth-order valence-electron chi connectivity index (χ4n) is 3.71. The summed E-state index contributed by atoms with van der Waals surface area (Å²) in [6.45, 7) is 3.38. The lowest BCUT2D eigenvalue weighted by Crippen LogP contribution is -2.39. The van der Waals surface area contributed by atoms with E-state index in [1.54, 1.807) is 18.0 Å². The van der Waals surface area contributed by atoms with Crippen LogP contribution in [0.2, 0.25) is 0 Å². The number of fused-ring (bicyclic) bond motifs is 1. The van der Waals surface area contributed by atoms with Gasteiger partial charge in [0.25, 0.3) is 0 Å². The molecule has 4 aromatic rings. The lowest BCUT2D eigenvalue weighted by Gasteiger charge is -2.31. The van der Waals surface area contributed by atoms with Gasteiger partial charge in [-0.1, -0.05) is 17.3 Å². The number of carbonyl (C=O) groups is 1. The molecule has 1 aromatic carbocycles. The standard InChI is InChI=1S/C19H21N11O2/c1-2-32-19(31)29-8-6-14(7-9-29)30-17-15(23-28-30)11-20-18(22-17)21-13-5-3-4-12(10-13)16-24-26-27-25-16/h3-5,10-11,14H,2,6-9H2,1H3,(H,20,21,22)(H,24,25,26,27). The average molecular weight is 435 g/mol. The summed E-state index contributed by atoms with van der Waals surface area (Å²) in [4.78, 5) is 22.7. The molecule has 32 heavy (non-hydrogen) atoms. The quantitative estimate of drug-likeness (QED) is 0.475. The van der Waals surface area contributed by atoms with Crippen LogP contribution in [0.4, 0.5) is 16.4 Å². The molecule has 4 heterocycles. The highest BCUT2D eigenvalue weighted by Crippen LogP contribution is 2.26. The van der Waals surface area contributed by atoms with Crippen LogP contribution >= 0.6 is 0 Å². The Morgan fingerprint density at radius 2 is 2.16 bits per heavy atom. The number of piperidine rings is 1. The number of tetrazole rings is 1. The molecule has 0 aliphatic carbocycles. The van der Waals surface area contributed by atoms with Crippen molar-refractivity contribution in [2.24, 2.45) is 0 Å². The number of nitrogens with one attached hydrogen (secondary N) is 2. The van der Waals surface area contributed by atoms with Crippen LogP contribution < -0.4 is 5.32 Å². The first-order valence-electron chi connectivity index (χ1n) is 10.3. The van der Waals surface area contributed by atoms with Gasteiger partial charge in [0.2, 0.25) is 11.8 Å². The van der Waals surface area contributed by atoms with Gasteiger partial charge in [0, 0.05) is 24.3 Å². The van der Waals surface area contributed by atoms with Crippen molar-refractivity contribution in [3.8, 4) is 11.4 Å². The molecule has 164 valence electrons. The first-order chi connectivity index (χ1) is 15.7. The van der Waals surface area contributed by atoms with Crippen LogP contribution in [0, 0.1) is 0 Å². The van der Waals surface area contributed by atoms with E-state index in [-0.39, 0.29) is 12.1 Å². The van der Waals surface area contributed by atoms with Gasteiger partial charge >= 0.3 is 6.09 Å². The number of carbonyl (C=O) groups excluding carboxylic acids is 1. The molecule has 5 rings (SSSR count). The number of amides is 1. The predicted octanol–water partition coefficient (Wildman–Crippen LogP) is 1.94. The molecule has 0 bridgehead atoms. The molecule has 13 heteroatoms. The second-order valence-corrected chi connectivity index (χ2v) is 7.29. The first kappa shape index (κ1) is 19.8. The number of aromatic amines is 1. The molecule has 3 aromatic heterocycles. The minimum Gasteiger partial charge on any atom is -0.450 e. The zero-order valence-electron chi connectivity index (χ0n) is 17.3. The summed E-state index contributed by atoms with van der Waals surface area (Å²) in [6.07, 6.45) is 2.87. The third kappa shape index (κ3) is 3.91. The molecular formula is C19H21N11O2. The molecule has 1 saturated heterocycles. The highest BCUT2D eigenvalue weighted by atomic mass is 16.6. The topological polar surface area (TPSA) is 153 Å². The van der Waals surface area contributed by atoms with Gasteiger partial charge in [-0.15, -0.1) is 15.3 Å². The average Bonchev–Trinajstić information content (AvgIpc) is 3.50.